The number of hydrogen-bond donors (Lipinski definition) is 1. The summed E-state index contributed by atoms with van der Waals surface area (Å²) in [7, 11) is 1.57. The van der Waals surface area contributed by atoms with Crippen LogP contribution in [0, 0.1) is 0 Å². The molecule has 0 spiro atoms. The molecule has 0 aliphatic rings. The quantitative estimate of drug-likeness (QED) is 0.528. The molecule has 29 heavy (non-hydrogen) atoms. The summed E-state index contributed by atoms with van der Waals surface area (Å²) in [6, 6.07) is 12.1. The van der Waals surface area contributed by atoms with Gasteiger partial charge in [-0.15, -0.1) is 11.8 Å². The van der Waals surface area contributed by atoms with Gasteiger partial charge in [-0.2, -0.15) is 0 Å². The van der Waals surface area contributed by atoms with Gasteiger partial charge in [0.05, 0.1) is 5.75 Å². The molecule has 0 saturated carbocycles. The van der Waals surface area contributed by atoms with Crippen molar-refractivity contribution in [2.75, 3.05) is 12.8 Å². The van der Waals surface area contributed by atoms with E-state index in [0.717, 1.165) is 11.1 Å². The van der Waals surface area contributed by atoms with Crippen molar-refractivity contribution in [1.82, 2.24) is 10.2 Å². The van der Waals surface area contributed by atoms with Crippen LogP contribution in [0.3, 0.4) is 0 Å². The van der Waals surface area contributed by atoms with Gasteiger partial charge in [0, 0.05) is 34.4 Å². The molecule has 8 heteroatoms. The molecule has 0 saturated heterocycles. The zero-order valence-electron chi connectivity index (χ0n) is 16.3. The molecule has 0 aliphatic heterocycles. The Morgan fingerprint density at radius 3 is 2.41 bits per heavy atom. The highest BCUT2D eigenvalue weighted by Gasteiger charge is 2.28. The fourth-order valence-electron chi connectivity index (χ4n) is 2.87. The summed E-state index contributed by atoms with van der Waals surface area (Å²) in [5.74, 6) is 0.462. The average Bonchev–Trinajstić information content (AvgIpc) is 2.70. The van der Waals surface area contributed by atoms with Crippen molar-refractivity contribution < 1.29 is 9.59 Å². The number of thioether (sulfide) groups is 1. The number of likely N-dealkylation sites (N-methyl/N-ethyl adjacent to an activating group) is 1. The first-order valence-corrected chi connectivity index (χ1v) is 11.4. The van der Waals surface area contributed by atoms with E-state index >= 15 is 0 Å². The molecule has 1 atom stereocenters. The zero-order valence-corrected chi connectivity index (χ0v) is 19.3. The van der Waals surface area contributed by atoms with Crippen LogP contribution in [0.1, 0.15) is 24.5 Å². The predicted octanol–water partition coefficient (Wildman–Crippen LogP) is 5.43. The van der Waals surface area contributed by atoms with Gasteiger partial charge in [-0.25, -0.2) is 0 Å². The van der Waals surface area contributed by atoms with Crippen molar-refractivity contribution >= 4 is 58.4 Å². The van der Waals surface area contributed by atoms with E-state index in [1.54, 1.807) is 30.1 Å². The lowest BCUT2D eigenvalue weighted by atomic mass is 10.1. The third-order valence-electron chi connectivity index (χ3n) is 4.43. The minimum atomic E-state index is -0.566. The van der Waals surface area contributed by atoms with Crippen LogP contribution in [-0.2, 0) is 21.9 Å². The topological polar surface area (TPSA) is 49.4 Å². The van der Waals surface area contributed by atoms with Crippen molar-refractivity contribution in [1.29, 1.82) is 0 Å². The van der Waals surface area contributed by atoms with Gasteiger partial charge in [0.1, 0.15) is 6.04 Å². The maximum absolute atomic E-state index is 13.0. The Labute approximate surface area is 190 Å². The highest BCUT2D eigenvalue weighted by Crippen LogP contribution is 2.26. The Morgan fingerprint density at radius 2 is 1.79 bits per heavy atom. The largest absolute Gasteiger partial charge is 0.357 e. The lowest BCUT2D eigenvalue weighted by Crippen LogP contribution is -2.48. The third kappa shape index (κ3) is 6.82. The van der Waals surface area contributed by atoms with Crippen LogP contribution in [0.2, 0.25) is 15.1 Å². The molecule has 1 unspecified atom stereocenters. The number of carbonyl (C=O) groups excluding carboxylic acids is 2. The number of hydrogen-bond acceptors (Lipinski definition) is 3. The first kappa shape index (κ1) is 23.9. The summed E-state index contributed by atoms with van der Waals surface area (Å²) in [6.07, 6.45) is 0.504. The van der Waals surface area contributed by atoms with Gasteiger partial charge in [0.25, 0.3) is 0 Å². The molecule has 1 N–H and O–H groups in total. The Kier molecular flexibility index (Phi) is 9.63. The second kappa shape index (κ2) is 11.7. The highest BCUT2D eigenvalue weighted by atomic mass is 35.5. The minimum Gasteiger partial charge on any atom is -0.357 e. The van der Waals surface area contributed by atoms with E-state index in [4.69, 9.17) is 34.8 Å². The first-order chi connectivity index (χ1) is 13.9. The van der Waals surface area contributed by atoms with E-state index in [9.17, 15) is 9.59 Å². The Hall–Kier alpha value is -1.40. The van der Waals surface area contributed by atoms with E-state index in [1.807, 2.05) is 31.2 Å². The lowest BCUT2D eigenvalue weighted by Gasteiger charge is -2.30. The van der Waals surface area contributed by atoms with Gasteiger partial charge in [-0.3, -0.25) is 9.59 Å². The maximum atomic E-state index is 13.0. The minimum absolute atomic E-state index is 0.129. The maximum Gasteiger partial charge on any atom is 0.242 e. The van der Waals surface area contributed by atoms with Gasteiger partial charge in [-0.05, 0) is 35.7 Å². The number of amides is 2. The molecule has 2 aromatic rings. The number of halogens is 3. The number of nitrogens with one attached hydrogen (secondary N) is 1. The number of nitrogens with zero attached hydrogens (tertiary/aromatic N) is 1. The van der Waals surface area contributed by atoms with Crippen molar-refractivity contribution in [2.24, 2.45) is 0 Å². The molecule has 0 radical (unpaired) electrons. The standard InChI is InChI=1S/C21H23Cl3N2O2S/c1-3-19(21(28)25-2)26(11-14-6-4-5-7-17(14)23)20(27)13-29-12-15-8-9-16(22)10-18(15)24/h4-10,19H,3,11-13H2,1-2H3,(H,25,28). The molecule has 4 nitrogen and oxygen atoms in total. The van der Waals surface area contributed by atoms with Crippen LogP contribution < -0.4 is 5.32 Å². The molecule has 0 aliphatic carbocycles. The number of rotatable bonds is 9. The average molecular weight is 474 g/mol. The van der Waals surface area contributed by atoms with Crippen molar-refractivity contribution in [3.8, 4) is 0 Å². The molecule has 0 heterocycles. The second-order valence-electron chi connectivity index (χ2n) is 6.38. The molecular weight excluding hydrogens is 451 g/mol. The van der Waals surface area contributed by atoms with E-state index in [2.05, 4.69) is 5.32 Å². The van der Waals surface area contributed by atoms with Crippen LogP contribution >= 0.6 is 46.6 Å². The summed E-state index contributed by atoms with van der Waals surface area (Å²) in [5.41, 5.74) is 1.71. The molecule has 156 valence electrons. The van der Waals surface area contributed by atoms with E-state index in [-0.39, 0.29) is 24.1 Å². The third-order valence-corrected chi connectivity index (χ3v) is 6.35. The fraction of sp³-hybridized carbons (Fsp3) is 0.333. The van der Waals surface area contributed by atoms with Gasteiger partial charge in [0.2, 0.25) is 11.8 Å². The molecule has 0 fully saturated rings. The van der Waals surface area contributed by atoms with Gasteiger partial charge >= 0.3 is 0 Å². The van der Waals surface area contributed by atoms with Crippen LogP contribution in [0.25, 0.3) is 0 Å². The smallest absolute Gasteiger partial charge is 0.242 e. The second-order valence-corrected chi connectivity index (χ2v) is 8.62. The van der Waals surface area contributed by atoms with Crippen LogP contribution in [-0.4, -0.2) is 35.6 Å². The van der Waals surface area contributed by atoms with Crippen molar-refractivity contribution in [2.45, 2.75) is 31.7 Å². The van der Waals surface area contributed by atoms with E-state index in [1.165, 1.54) is 11.8 Å². The fourth-order valence-corrected chi connectivity index (χ4v) is 4.53. The number of carbonyl (C=O) groups is 2. The molecular formula is C21H23Cl3N2O2S. The summed E-state index contributed by atoms with van der Waals surface area (Å²) < 4.78 is 0. The zero-order chi connectivity index (χ0) is 21.4. The van der Waals surface area contributed by atoms with Crippen LogP contribution in [0.4, 0.5) is 0 Å². The molecule has 0 bridgehead atoms. The normalized spacial score (nSPS) is 11.8. The molecule has 2 rings (SSSR count). The summed E-state index contributed by atoms with van der Waals surface area (Å²) in [5, 5.41) is 4.35. The molecule has 2 aromatic carbocycles. The lowest BCUT2D eigenvalue weighted by molar-refractivity contribution is -0.139. The monoisotopic (exact) mass is 472 g/mol. The summed E-state index contributed by atoms with van der Waals surface area (Å²) in [6.45, 7) is 2.15. The Balaban J connectivity index is 2.12. The molecule has 0 aromatic heterocycles. The first-order valence-electron chi connectivity index (χ1n) is 9.13. The highest BCUT2D eigenvalue weighted by molar-refractivity contribution is 7.99. The van der Waals surface area contributed by atoms with Crippen molar-refractivity contribution in [3.63, 3.8) is 0 Å². The van der Waals surface area contributed by atoms with Crippen molar-refractivity contribution in [3.05, 3.63) is 68.7 Å². The number of benzene rings is 2. The molecule has 2 amide bonds. The van der Waals surface area contributed by atoms with Crippen LogP contribution in [0.15, 0.2) is 42.5 Å². The van der Waals surface area contributed by atoms with Crippen LogP contribution in [0.5, 0.6) is 0 Å². The summed E-state index contributed by atoms with van der Waals surface area (Å²) >= 11 is 19.9. The Bertz CT molecular complexity index is 864. The van der Waals surface area contributed by atoms with Gasteiger partial charge < -0.3 is 10.2 Å². The van der Waals surface area contributed by atoms with Gasteiger partial charge in [0.15, 0.2) is 0 Å². The van der Waals surface area contributed by atoms with E-state index < -0.39 is 6.04 Å². The SMILES string of the molecule is CCC(C(=O)NC)N(Cc1ccccc1Cl)C(=O)CSCc1ccc(Cl)cc1Cl. The summed E-state index contributed by atoms with van der Waals surface area (Å²) in [4.78, 5) is 27.0. The van der Waals surface area contributed by atoms with Gasteiger partial charge in [-0.1, -0.05) is 66.0 Å². The van der Waals surface area contributed by atoms with E-state index in [0.29, 0.717) is 27.2 Å². The predicted molar refractivity (Wildman–Crippen MR) is 123 cm³/mol. The Morgan fingerprint density at radius 1 is 1.07 bits per heavy atom.